The molecule has 1 aromatic heterocycles. The highest BCUT2D eigenvalue weighted by Gasteiger charge is 2.26. The highest BCUT2D eigenvalue weighted by molar-refractivity contribution is 7.09. The summed E-state index contributed by atoms with van der Waals surface area (Å²) in [5, 5.41) is 3.22. The molecule has 1 aromatic rings. The van der Waals surface area contributed by atoms with Crippen molar-refractivity contribution in [3.8, 4) is 0 Å². The van der Waals surface area contributed by atoms with Gasteiger partial charge in [-0.25, -0.2) is 4.98 Å². The van der Waals surface area contributed by atoms with Crippen LogP contribution in [-0.4, -0.2) is 52.9 Å². The first kappa shape index (κ1) is 25.1. The fourth-order valence-corrected chi connectivity index (χ4v) is 2.94. The van der Waals surface area contributed by atoms with E-state index in [1.54, 1.807) is 11.3 Å². The van der Waals surface area contributed by atoms with Gasteiger partial charge in [0.2, 0.25) is 5.91 Å². The Bertz CT molecular complexity index is 465. The fraction of sp³-hybridized carbons (Fsp3) is 0.714. The van der Waals surface area contributed by atoms with Gasteiger partial charge >= 0.3 is 0 Å². The highest BCUT2D eigenvalue weighted by atomic mass is 35.5. The molecule has 1 saturated heterocycles. The van der Waals surface area contributed by atoms with Crippen LogP contribution >= 0.6 is 48.6 Å². The number of nitrogens with two attached hydrogens (primary N) is 1. The van der Waals surface area contributed by atoms with Crippen LogP contribution in [0.5, 0.6) is 0 Å². The maximum Gasteiger partial charge on any atom is 0.239 e. The summed E-state index contributed by atoms with van der Waals surface area (Å²) in [5.41, 5.74) is 7.07. The summed E-state index contributed by atoms with van der Waals surface area (Å²) in [4.78, 5) is 20.9. The van der Waals surface area contributed by atoms with Crippen LogP contribution in [-0.2, 0) is 11.3 Å². The van der Waals surface area contributed by atoms with Gasteiger partial charge in [-0.1, -0.05) is 13.8 Å². The Labute approximate surface area is 161 Å². The summed E-state index contributed by atoms with van der Waals surface area (Å²) in [7, 11) is 0. The molecule has 2 rings (SSSR count). The van der Waals surface area contributed by atoms with Crippen molar-refractivity contribution < 1.29 is 4.79 Å². The molecule has 136 valence electrons. The number of halogens is 3. The van der Waals surface area contributed by atoms with Crippen molar-refractivity contribution in [2.75, 3.05) is 26.2 Å². The average molecular weight is 406 g/mol. The molecule has 1 aliphatic rings. The number of hydrogen-bond acceptors (Lipinski definition) is 5. The zero-order valence-corrected chi connectivity index (χ0v) is 17.0. The van der Waals surface area contributed by atoms with Crippen molar-refractivity contribution in [3.63, 3.8) is 0 Å². The number of carbonyl (C=O) groups is 1. The molecule has 0 radical (unpaired) electrons. The maximum atomic E-state index is 12.2. The molecule has 1 fully saturated rings. The molecule has 2 heterocycles. The van der Waals surface area contributed by atoms with E-state index in [1.807, 2.05) is 25.7 Å². The van der Waals surface area contributed by atoms with E-state index in [9.17, 15) is 4.79 Å². The number of piperazine rings is 1. The van der Waals surface area contributed by atoms with Crippen LogP contribution in [0.1, 0.15) is 24.5 Å². The van der Waals surface area contributed by atoms with Crippen LogP contribution in [0.4, 0.5) is 0 Å². The molecule has 1 atom stereocenters. The lowest BCUT2D eigenvalue weighted by molar-refractivity contribution is -0.135. The van der Waals surface area contributed by atoms with Crippen LogP contribution in [0.15, 0.2) is 5.38 Å². The zero-order chi connectivity index (χ0) is 14.7. The average Bonchev–Trinajstić information content (AvgIpc) is 2.83. The van der Waals surface area contributed by atoms with Crippen LogP contribution < -0.4 is 5.73 Å². The molecule has 0 unspecified atom stereocenters. The molecular formula is C14H27Cl3N4OS. The van der Waals surface area contributed by atoms with Crippen LogP contribution in [0.25, 0.3) is 0 Å². The first-order chi connectivity index (χ1) is 9.47. The number of hydrogen-bond donors (Lipinski definition) is 1. The summed E-state index contributed by atoms with van der Waals surface area (Å²) in [6.07, 6.45) is 0. The minimum absolute atomic E-state index is 0. The molecule has 0 bridgehead atoms. The predicted molar refractivity (Wildman–Crippen MR) is 103 cm³/mol. The summed E-state index contributed by atoms with van der Waals surface area (Å²) in [6.45, 7) is 10.2. The number of nitrogens with zero attached hydrogens (tertiary/aromatic N) is 3. The highest BCUT2D eigenvalue weighted by Crippen LogP contribution is 2.13. The Balaban J connectivity index is 0. The van der Waals surface area contributed by atoms with Crippen molar-refractivity contribution in [2.45, 2.75) is 33.4 Å². The molecular weight excluding hydrogens is 379 g/mol. The molecule has 0 aromatic carbocycles. The van der Waals surface area contributed by atoms with Gasteiger partial charge in [-0.2, -0.15) is 0 Å². The monoisotopic (exact) mass is 404 g/mol. The molecule has 0 aliphatic carbocycles. The van der Waals surface area contributed by atoms with E-state index >= 15 is 0 Å². The van der Waals surface area contributed by atoms with Crippen molar-refractivity contribution in [2.24, 2.45) is 11.7 Å². The quantitative estimate of drug-likeness (QED) is 0.835. The van der Waals surface area contributed by atoms with Crippen molar-refractivity contribution in [1.29, 1.82) is 0 Å². The van der Waals surface area contributed by atoms with Gasteiger partial charge in [0.25, 0.3) is 0 Å². The van der Waals surface area contributed by atoms with E-state index < -0.39 is 0 Å². The van der Waals surface area contributed by atoms with E-state index in [1.165, 1.54) is 0 Å². The van der Waals surface area contributed by atoms with E-state index in [-0.39, 0.29) is 55.1 Å². The van der Waals surface area contributed by atoms with Gasteiger partial charge in [0, 0.05) is 38.1 Å². The Hall–Kier alpha value is -0.110. The first-order valence-electron chi connectivity index (χ1n) is 7.15. The van der Waals surface area contributed by atoms with Crippen molar-refractivity contribution in [3.05, 3.63) is 16.1 Å². The normalized spacial score (nSPS) is 16.1. The molecule has 2 N–H and O–H groups in total. The lowest BCUT2D eigenvalue weighted by Gasteiger charge is -2.36. The van der Waals surface area contributed by atoms with Gasteiger partial charge in [0.05, 0.1) is 16.7 Å². The van der Waals surface area contributed by atoms with E-state index in [4.69, 9.17) is 5.73 Å². The number of aromatic nitrogens is 1. The van der Waals surface area contributed by atoms with Crippen molar-refractivity contribution in [1.82, 2.24) is 14.8 Å². The number of amides is 1. The molecule has 0 saturated carbocycles. The van der Waals surface area contributed by atoms with E-state index in [0.717, 1.165) is 43.4 Å². The number of thiazole rings is 1. The third-order valence-electron chi connectivity index (χ3n) is 3.74. The number of rotatable bonds is 4. The summed E-state index contributed by atoms with van der Waals surface area (Å²) < 4.78 is 0. The van der Waals surface area contributed by atoms with Gasteiger partial charge in [-0.05, 0) is 12.8 Å². The third kappa shape index (κ3) is 7.11. The van der Waals surface area contributed by atoms with Crippen LogP contribution in [0.3, 0.4) is 0 Å². The lowest BCUT2D eigenvalue weighted by Crippen LogP contribution is -2.54. The predicted octanol–water partition coefficient (Wildman–Crippen LogP) is 2.34. The second kappa shape index (κ2) is 11.4. The largest absolute Gasteiger partial charge is 0.339 e. The number of aryl methyl sites for hydroxylation is 1. The van der Waals surface area contributed by atoms with Crippen molar-refractivity contribution >= 4 is 54.5 Å². The molecule has 9 heteroatoms. The smallest absolute Gasteiger partial charge is 0.239 e. The topological polar surface area (TPSA) is 62.5 Å². The lowest BCUT2D eigenvalue weighted by atomic mass is 10.0. The Morgan fingerprint density at radius 1 is 1.26 bits per heavy atom. The first-order valence-corrected chi connectivity index (χ1v) is 8.03. The summed E-state index contributed by atoms with van der Waals surface area (Å²) in [6, 6.07) is -0.372. The second-order valence-electron chi connectivity index (χ2n) is 5.73. The minimum atomic E-state index is -0.372. The molecule has 0 spiro atoms. The minimum Gasteiger partial charge on any atom is -0.339 e. The van der Waals surface area contributed by atoms with Crippen LogP contribution in [0, 0.1) is 12.8 Å². The van der Waals surface area contributed by atoms with Crippen LogP contribution in [0.2, 0.25) is 0 Å². The molecule has 5 nitrogen and oxygen atoms in total. The Morgan fingerprint density at radius 3 is 2.26 bits per heavy atom. The van der Waals surface area contributed by atoms with Gasteiger partial charge < -0.3 is 10.6 Å². The fourth-order valence-electron chi connectivity index (χ4n) is 2.33. The van der Waals surface area contributed by atoms with E-state index in [0.29, 0.717) is 0 Å². The standard InChI is InChI=1S/C14H24N4OS.3ClH/c1-10(2)13(15)14(19)18-6-4-17(5-7-18)8-12-9-20-11(3)16-12;;;/h9-10,13H,4-8,15H2,1-3H3;3*1H/t13-;;;/m1.../s1. The SMILES string of the molecule is Cc1nc(CN2CCN(C(=O)[C@H](N)C(C)C)CC2)cs1.Cl.Cl.Cl. The third-order valence-corrected chi connectivity index (χ3v) is 4.56. The Kier molecular flexibility index (Phi) is 12.5. The van der Waals surface area contributed by atoms with Gasteiger partial charge in [0.1, 0.15) is 0 Å². The maximum absolute atomic E-state index is 12.2. The molecule has 1 aliphatic heterocycles. The molecule has 1 amide bonds. The zero-order valence-electron chi connectivity index (χ0n) is 13.7. The number of carbonyl (C=O) groups excluding carboxylic acids is 1. The summed E-state index contributed by atoms with van der Waals surface area (Å²) >= 11 is 1.69. The van der Waals surface area contributed by atoms with Gasteiger partial charge in [-0.3, -0.25) is 9.69 Å². The molecule has 23 heavy (non-hydrogen) atoms. The second-order valence-corrected chi connectivity index (χ2v) is 6.79. The van der Waals surface area contributed by atoms with Gasteiger partial charge in [0.15, 0.2) is 0 Å². The summed E-state index contributed by atoms with van der Waals surface area (Å²) in [5.74, 6) is 0.280. The van der Waals surface area contributed by atoms with E-state index in [2.05, 4.69) is 15.3 Å². The Morgan fingerprint density at radius 2 is 1.83 bits per heavy atom. The van der Waals surface area contributed by atoms with Gasteiger partial charge in [-0.15, -0.1) is 48.6 Å².